The Hall–Kier alpha value is -0.380. The first kappa shape index (κ1) is 20.2. The fourth-order valence-corrected chi connectivity index (χ4v) is 9.66. The van der Waals surface area contributed by atoms with Crippen LogP contribution in [0.2, 0.25) is 0 Å². The predicted molar refractivity (Wildman–Crippen MR) is 118 cm³/mol. The van der Waals surface area contributed by atoms with Crippen LogP contribution < -0.4 is 0 Å². The van der Waals surface area contributed by atoms with E-state index in [2.05, 4.69) is 33.8 Å². The molecule has 30 heavy (non-hydrogen) atoms. The number of fused-ring (bicyclic) bond motifs is 7. The second-order valence-corrected chi connectivity index (χ2v) is 12.7. The van der Waals surface area contributed by atoms with Crippen molar-refractivity contribution >= 4 is 0 Å². The molecule has 3 saturated carbocycles. The van der Waals surface area contributed by atoms with E-state index in [1.54, 1.807) is 5.57 Å². The van der Waals surface area contributed by atoms with Gasteiger partial charge in [-0.25, -0.2) is 0 Å². The van der Waals surface area contributed by atoms with Crippen molar-refractivity contribution in [3.05, 3.63) is 11.6 Å². The summed E-state index contributed by atoms with van der Waals surface area (Å²) in [6, 6.07) is 0. The van der Waals surface area contributed by atoms with Crippen LogP contribution in [-0.4, -0.2) is 29.7 Å². The van der Waals surface area contributed by atoms with Crippen molar-refractivity contribution in [1.29, 1.82) is 0 Å². The maximum absolute atomic E-state index is 10.3. The van der Waals surface area contributed by atoms with Gasteiger partial charge in [0.2, 0.25) is 0 Å². The van der Waals surface area contributed by atoms with Crippen molar-refractivity contribution in [2.45, 2.75) is 103 Å². The molecule has 2 saturated heterocycles. The first-order valence-electron chi connectivity index (χ1n) is 13.0. The van der Waals surface area contributed by atoms with Crippen LogP contribution in [-0.2, 0) is 9.47 Å². The van der Waals surface area contributed by atoms with Crippen molar-refractivity contribution in [2.75, 3.05) is 6.61 Å². The number of hydrogen-bond donors (Lipinski definition) is 1. The molecule has 1 N–H and O–H groups in total. The molecule has 1 spiro atoms. The zero-order chi connectivity index (χ0) is 20.9. The molecule has 6 rings (SSSR count). The molecule has 0 aromatic rings. The Bertz CT molecular complexity index is 736. The van der Waals surface area contributed by atoms with Gasteiger partial charge in [-0.05, 0) is 91.8 Å². The zero-order valence-electron chi connectivity index (χ0n) is 19.5. The van der Waals surface area contributed by atoms with Crippen molar-refractivity contribution in [2.24, 2.45) is 46.3 Å². The van der Waals surface area contributed by atoms with E-state index in [1.165, 1.54) is 38.5 Å². The average Bonchev–Trinajstić information content (AvgIpc) is 3.16. The zero-order valence-corrected chi connectivity index (χ0v) is 19.5. The summed E-state index contributed by atoms with van der Waals surface area (Å²) in [6.45, 7) is 10.8. The summed E-state index contributed by atoms with van der Waals surface area (Å²) in [7, 11) is 0. The highest BCUT2D eigenvalue weighted by Gasteiger charge is 2.68. The summed E-state index contributed by atoms with van der Waals surface area (Å²) in [4.78, 5) is 0. The summed E-state index contributed by atoms with van der Waals surface area (Å²) >= 11 is 0. The lowest BCUT2D eigenvalue weighted by molar-refractivity contribution is -0.272. The van der Waals surface area contributed by atoms with E-state index in [0.29, 0.717) is 34.7 Å². The number of rotatable bonds is 0. The second kappa shape index (κ2) is 6.58. The fourth-order valence-electron chi connectivity index (χ4n) is 9.66. The van der Waals surface area contributed by atoms with Gasteiger partial charge in [0.1, 0.15) is 0 Å². The van der Waals surface area contributed by atoms with Gasteiger partial charge in [0, 0.05) is 12.3 Å². The highest BCUT2D eigenvalue weighted by atomic mass is 16.7. The van der Waals surface area contributed by atoms with Crippen LogP contribution in [0.5, 0.6) is 0 Å². The highest BCUT2D eigenvalue weighted by Crippen LogP contribution is 2.70. The SMILES string of the molecule is C[C@H]1CCC2(OC1)O[C@@H]1C[C@@H]3[C@@H]4CC=C5C[C@@H](O)CC[C@]5(C)[C@@H]4CC[C@]3(C)[C@@H]1[C@H]2C. The number of hydrogen-bond acceptors (Lipinski definition) is 3. The lowest BCUT2D eigenvalue weighted by Crippen LogP contribution is -2.52. The Labute approximate surface area is 183 Å². The van der Waals surface area contributed by atoms with Gasteiger partial charge in [0.05, 0.1) is 18.8 Å². The van der Waals surface area contributed by atoms with Gasteiger partial charge in [-0.3, -0.25) is 0 Å². The Morgan fingerprint density at radius 2 is 1.87 bits per heavy atom. The fraction of sp³-hybridized carbons (Fsp3) is 0.926. The predicted octanol–water partition coefficient (Wildman–Crippen LogP) is 5.71. The number of allylic oxidation sites excluding steroid dienone is 1. The van der Waals surface area contributed by atoms with E-state index < -0.39 is 0 Å². The highest BCUT2D eigenvalue weighted by molar-refractivity contribution is 5.26. The Morgan fingerprint density at radius 1 is 1.03 bits per heavy atom. The van der Waals surface area contributed by atoms with Crippen LogP contribution in [0.1, 0.15) is 85.5 Å². The van der Waals surface area contributed by atoms with E-state index in [0.717, 1.165) is 43.6 Å². The van der Waals surface area contributed by atoms with E-state index >= 15 is 0 Å². The largest absolute Gasteiger partial charge is 0.393 e. The van der Waals surface area contributed by atoms with E-state index in [-0.39, 0.29) is 11.9 Å². The topological polar surface area (TPSA) is 38.7 Å². The molecule has 0 bridgehead atoms. The minimum absolute atomic E-state index is 0.107. The molecule has 0 radical (unpaired) electrons. The quantitative estimate of drug-likeness (QED) is 0.516. The molecule has 0 amide bonds. The number of ether oxygens (including phenoxy) is 2. The molecular weight excluding hydrogens is 372 g/mol. The van der Waals surface area contributed by atoms with Crippen LogP contribution in [0.25, 0.3) is 0 Å². The molecule has 3 nitrogen and oxygen atoms in total. The Kier molecular flexibility index (Phi) is 4.44. The summed E-state index contributed by atoms with van der Waals surface area (Å²) in [5.74, 6) is 3.94. The summed E-state index contributed by atoms with van der Waals surface area (Å²) in [5, 5.41) is 10.3. The maximum Gasteiger partial charge on any atom is 0.171 e. The smallest absolute Gasteiger partial charge is 0.171 e. The monoisotopic (exact) mass is 414 g/mol. The van der Waals surface area contributed by atoms with Crippen LogP contribution in [0.3, 0.4) is 0 Å². The van der Waals surface area contributed by atoms with E-state index in [9.17, 15) is 5.11 Å². The van der Waals surface area contributed by atoms with Crippen LogP contribution >= 0.6 is 0 Å². The van der Waals surface area contributed by atoms with Crippen molar-refractivity contribution in [1.82, 2.24) is 0 Å². The second-order valence-electron chi connectivity index (χ2n) is 12.7. The van der Waals surface area contributed by atoms with Gasteiger partial charge in [0.25, 0.3) is 0 Å². The molecule has 0 aromatic carbocycles. The molecule has 3 heteroatoms. The molecule has 1 unspecified atom stereocenters. The van der Waals surface area contributed by atoms with Gasteiger partial charge in [-0.2, -0.15) is 0 Å². The number of aliphatic hydroxyl groups is 1. The van der Waals surface area contributed by atoms with Crippen LogP contribution in [0.15, 0.2) is 11.6 Å². The normalized spacial score (nSPS) is 59.8. The van der Waals surface area contributed by atoms with Crippen LogP contribution in [0, 0.1) is 46.3 Å². The number of aliphatic hydroxyl groups excluding tert-OH is 1. The molecule has 11 atom stereocenters. The lowest BCUT2D eigenvalue weighted by Gasteiger charge is -2.58. The standard InChI is InChI=1S/C27H42O3/c1-16-7-12-27(29-15-16)17(2)24-23(30-27)14-22-20-6-5-18-13-19(28)8-10-25(18,3)21(20)9-11-26(22,24)4/h5,16-17,19-24,28H,6-15H2,1-4H3/t16-,17+,19-,20+,21+,22+,23+,24+,25-,26-,27?/m0/s1. The molecule has 0 aromatic heterocycles. The van der Waals surface area contributed by atoms with Crippen molar-refractivity contribution in [3.63, 3.8) is 0 Å². The van der Waals surface area contributed by atoms with Gasteiger partial charge in [-0.1, -0.05) is 39.3 Å². The summed E-state index contributed by atoms with van der Waals surface area (Å²) in [6.07, 6.45) is 13.5. The Balaban J connectivity index is 1.28. The first-order valence-corrected chi connectivity index (χ1v) is 13.0. The third kappa shape index (κ3) is 2.55. The molecular formula is C27H42O3. The van der Waals surface area contributed by atoms with Gasteiger partial charge in [0.15, 0.2) is 5.79 Å². The molecule has 2 aliphatic heterocycles. The third-order valence-corrected chi connectivity index (χ3v) is 11.3. The molecule has 168 valence electrons. The molecule has 4 aliphatic carbocycles. The molecule has 5 fully saturated rings. The van der Waals surface area contributed by atoms with E-state index in [1.807, 2.05) is 0 Å². The third-order valence-electron chi connectivity index (χ3n) is 11.3. The Morgan fingerprint density at radius 3 is 2.63 bits per heavy atom. The van der Waals surface area contributed by atoms with Crippen molar-refractivity contribution in [3.8, 4) is 0 Å². The van der Waals surface area contributed by atoms with Crippen LogP contribution in [0.4, 0.5) is 0 Å². The summed E-state index contributed by atoms with van der Waals surface area (Å²) in [5.41, 5.74) is 2.31. The summed E-state index contributed by atoms with van der Waals surface area (Å²) < 4.78 is 13.3. The molecule has 2 heterocycles. The average molecular weight is 415 g/mol. The van der Waals surface area contributed by atoms with Gasteiger partial charge < -0.3 is 14.6 Å². The van der Waals surface area contributed by atoms with Crippen molar-refractivity contribution < 1.29 is 14.6 Å². The first-order chi connectivity index (χ1) is 14.3. The van der Waals surface area contributed by atoms with Gasteiger partial charge in [-0.15, -0.1) is 0 Å². The van der Waals surface area contributed by atoms with E-state index in [4.69, 9.17) is 9.47 Å². The van der Waals surface area contributed by atoms with Gasteiger partial charge >= 0.3 is 0 Å². The minimum atomic E-state index is -0.294. The minimum Gasteiger partial charge on any atom is -0.393 e. The maximum atomic E-state index is 10.3. The molecule has 6 aliphatic rings. The lowest BCUT2D eigenvalue weighted by atomic mass is 9.47.